The Bertz CT molecular complexity index is 932. The fourth-order valence-electron chi connectivity index (χ4n) is 3.17. The van der Waals surface area contributed by atoms with Crippen molar-refractivity contribution in [3.05, 3.63) is 66.0 Å². The first-order chi connectivity index (χ1) is 13.6. The number of aromatic nitrogens is 2. The number of nitrogens with zero attached hydrogens (tertiary/aromatic N) is 2. The number of Topliss-reactive ketones (excluding diaryl/α,β-unsaturated/α-hetero) is 1. The number of benzene rings is 2. The van der Waals surface area contributed by atoms with Crippen LogP contribution < -0.4 is 0 Å². The Morgan fingerprint density at radius 3 is 2.18 bits per heavy atom. The maximum Gasteiger partial charge on any atom is 0.166 e. The zero-order valence-electron chi connectivity index (χ0n) is 16.5. The van der Waals surface area contributed by atoms with Crippen molar-refractivity contribution >= 4 is 5.78 Å². The van der Waals surface area contributed by atoms with Crippen LogP contribution in [0.25, 0.3) is 22.5 Å². The highest BCUT2D eigenvalue weighted by molar-refractivity contribution is 5.98. The molecule has 0 aliphatic carbocycles. The van der Waals surface area contributed by atoms with Crippen molar-refractivity contribution in [2.45, 2.75) is 46.0 Å². The SMILES string of the molecule is CCCCCc1ccc(-c2cnc(-c3ccc(C(=O)CC)c(O)c3)nc2)cc1. The van der Waals surface area contributed by atoms with Crippen molar-refractivity contribution in [3.8, 4) is 28.3 Å². The minimum absolute atomic E-state index is 0.0318. The molecule has 3 rings (SSSR count). The fraction of sp³-hybridized carbons (Fsp3) is 0.292. The molecule has 1 N–H and O–H groups in total. The summed E-state index contributed by atoms with van der Waals surface area (Å²) in [5.74, 6) is 0.403. The molecule has 0 aliphatic heterocycles. The van der Waals surface area contributed by atoms with E-state index in [1.165, 1.54) is 24.8 Å². The second-order valence-corrected chi connectivity index (χ2v) is 6.96. The third kappa shape index (κ3) is 4.63. The molecule has 0 aliphatic rings. The Hall–Kier alpha value is -3.01. The van der Waals surface area contributed by atoms with Crippen LogP contribution in [-0.4, -0.2) is 20.9 Å². The molecule has 0 saturated heterocycles. The molecule has 4 nitrogen and oxygen atoms in total. The van der Waals surface area contributed by atoms with Crippen molar-refractivity contribution in [1.82, 2.24) is 9.97 Å². The molecular formula is C24H26N2O2. The van der Waals surface area contributed by atoms with Gasteiger partial charge in [-0.15, -0.1) is 0 Å². The first kappa shape index (κ1) is 19.7. The van der Waals surface area contributed by atoms with Gasteiger partial charge < -0.3 is 5.11 Å². The second-order valence-electron chi connectivity index (χ2n) is 6.96. The quantitative estimate of drug-likeness (QED) is 0.397. The number of hydrogen-bond donors (Lipinski definition) is 1. The zero-order chi connectivity index (χ0) is 19.9. The van der Waals surface area contributed by atoms with Crippen molar-refractivity contribution < 1.29 is 9.90 Å². The molecule has 2 aromatic carbocycles. The van der Waals surface area contributed by atoms with Crippen LogP contribution in [0.1, 0.15) is 55.5 Å². The van der Waals surface area contributed by atoms with E-state index in [1.807, 2.05) is 0 Å². The lowest BCUT2D eigenvalue weighted by molar-refractivity contribution is 0.0985. The van der Waals surface area contributed by atoms with E-state index in [-0.39, 0.29) is 11.5 Å². The average Bonchev–Trinajstić information content (AvgIpc) is 2.74. The van der Waals surface area contributed by atoms with E-state index >= 15 is 0 Å². The van der Waals surface area contributed by atoms with Crippen LogP contribution in [0.15, 0.2) is 54.9 Å². The van der Waals surface area contributed by atoms with Crippen LogP contribution in [0.4, 0.5) is 0 Å². The highest BCUT2D eigenvalue weighted by Gasteiger charge is 2.11. The number of ketones is 1. The highest BCUT2D eigenvalue weighted by atomic mass is 16.3. The fourth-order valence-corrected chi connectivity index (χ4v) is 3.17. The standard InChI is InChI=1S/C24H26N2O2/c1-3-5-6-7-17-8-10-18(11-9-17)20-15-25-24(26-16-20)19-12-13-21(22(27)4-2)23(28)14-19/h8-16,28H,3-7H2,1-2H3. The molecule has 0 bridgehead atoms. The molecule has 0 saturated carbocycles. The van der Waals surface area contributed by atoms with Gasteiger partial charge in [-0.2, -0.15) is 0 Å². The number of carbonyl (C=O) groups is 1. The Balaban J connectivity index is 1.74. The molecule has 0 unspecified atom stereocenters. The Morgan fingerprint density at radius 1 is 0.893 bits per heavy atom. The van der Waals surface area contributed by atoms with Gasteiger partial charge in [-0.1, -0.05) is 57.0 Å². The topological polar surface area (TPSA) is 63.1 Å². The molecule has 0 spiro atoms. The van der Waals surface area contributed by atoms with Gasteiger partial charge in [0.15, 0.2) is 11.6 Å². The van der Waals surface area contributed by atoms with Crippen molar-refractivity contribution in [2.75, 3.05) is 0 Å². The van der Waals surface area contributed by atoms with E-state index < -0.39 is 0 Å². The maximum atomic E-state index is 11.8. The minimum atomic E-state index is -0.0848. The number of aromatic hydroxyl groups is 1. The zero-order valence-corrected chi connectivity index (χ0v) is 16.5. The van der Waals surface area contributed by atoms with Crippen LogP contribution in [0.5, 0.6) is 5.75 Å². The third-order valence-electron chi connectivity index (χ3n) is 4.89. The van der Waals surface area contributed by atoms with Gasteiger partial charge in [-0.3, -0.25) is 4.79 Å². The van der Waals surface area contributed by atoms with Crippen molar-refractivity contribution in [2.24, 2.45) is 0 Å². The summed E-state index contributed by atoms with van der Waals surface area (Å²) in [7, 11) is 0. The monoisotopic (exact) mass is 374 g/mol. The largest absolute Gasteiger partial charge is 0.507 e. The molecule has 28 heavy (non-hydrogen) atoms. The van der Waals surface area contributed by atoms with Gasteiger partial charge in [-0.25, -0.2) is 9.97 Å². The lowest BCUT2D eigenvalue weighted by Gasteiger charge is -2.07. The smallest absolute Gasteiger partial charge is 0.166 e. The lowest BCUT2D eigenvalue weighted by Crippen LogP contribution is -1.97. The number of carbonyl (C=O) groups excluding carboxylic acids is 1. The summed E-state index contributed by atoms with van der Waals surface area (Å²) in [6, 6.07) is 13.5. The van der Waals surface area contributed by atoms with E-state index in [1.54, 1.807) is 37.5 Å². The Labute approximate surface area is 166 Å². The summed E-state index contributed by atoms with van der Waals surface area (Å²) >= 11 is 0. The van der Waals surface area contributed by atoms with Crippen LogP contribution in [0, 0.1) is 0 Å². The van der Waals surface area contributed by atoms with Gasteiger partial charge in [0.25, 0.3) is 0 Å². The van der Waals surface area contributed by atoms with E-state index in [4.69, 9.17) is 0 Å². The van der Waals surface area contributed by atoms with Gasteiger partial charge in [-0.05, 0) is 36.1 Å². The average molecular weight is 374 g/mol. The van der Waals surface area contributed by atoms with Gasteiger partial charge >= 0.3 is 0 Å². The normalized spacial score (nSPS) is 10.8. The molecule has 4 heteroatoms. The highest BCUT2D eigenvalue weighted by Crippen LogP contribution is 2.26. The predicted molar refractivity (Wildman–Crippen MR) is 112 cm³/mol. The van der Waals surface area contributed by atoms with Crippen molar-refractivity contribution in [1.29, 1.82) is 0 Å². The molecule has 0 amide bonds. The maximum absolute atomic E-state index is 11.8. The number of hydrogen-bond acceptors (Lipinski definition) is 4. The number of phenolic OH excluding ortho intramolecular Hbond substituents is 1. The number of rotatable bonds is 8. The van der Waals surface area contributed by atoms with E-state index in [0.29, 0.717) is 23.4 Å². The van der Waals surface area contributed by atoms with Crippen LogP contribution in [0.3, 0.4) is 0 Å². The molecular weight excluding hydrogens is 348 g/mol. The van der Waals surface area contributed by atoms with Gasteiger partial charge in [0.1, 0.15) is 5.75 Å². The van der Waals surface area contributed by atoms with Gasteiger partial charge in [0.2, 0.25) is 0 Å². The van der Waals surface area contributed by atoms with Crippen LogP contribution in [0.2, 0.25) is 0 Å². The van der Waals surface area contributed by atoms with Crippen molar-refractivity contribution in [3.63, 3.8) is 0 Å². The van der Waals surface area contributed by atoms with E-state index in [2.05, 4.69) is 41.2 Å². The second kappa shape index (κ2) is 9.27. The van der Waals surface area contributed by atoms with E-state index in [0.717, 1.165) is 17.5 Å². The number of unbranched alkanes of at least 4 members (excludes halogenated alkanes) is 2. The predicted octanol–water partition coefficient (Wildman–Crippen LogP) is 5.84. The van der Waals surface area contributed by atoms with E-state index in [9.17, 15) is 9.90 Å². The molecule has 144 valence electrons. The summed E-state index contributed by atoms with van der Waals surface area (Å²) in [6.45, 7) is 3.99. The summed E-state index contributed by atoms with van der Waals surface area (Å²) < 4.78 is 0. The Kier molecular flexibility index (Phi) is 6.53. The lowest BCUT2D eigenvalue weighted by atomic mass is 10.0. The molecule has 1 heterocycles. The van der Waals surface area contributed by atoms with Crippen LogP contribution >= 0.6 is 0 Å². The number of phenols is 1. The first-order valence-electron chi connectivity index (χ1n) is 9.90. The van der Waals surface area contributed by atoms with Gasteiger partial charge in [0, 0.05) is 29.9 Å². The summed E-state index contributed by atoms with van der Waals surface area (Å²) in [5, 5.41) is 10.1. The first-order valence-corrected chi connectivity index (χ1v) is 9.90. The minimum Gasteiger partial charge on any atom is -0.507 e. The van der Waals surface area contributed by atoms with Crippen LogP contribution in [-0.2, 0) is 6.42 Å². The third-order valence-corrected chi connectivity index (χ3v) is 4.89. The molecule has 0 atom stereocenters. The molecule has 0 radical (unpaired) electrons. The molecule has 3 aromatic rings. The Morgan fingerprint density at radius 2 is 1.57 bits per heavy atom. The summed E-state index contributed by atoms with van der Waals surface area (Å²) in [4.78, 5) is 20.7. The summed E-state index contributed by atoms with van der Waals surface area (Å²) in [5.41, 5.74) is 4.40. The van der Waals surface area contributed by atoms with Gasteiger partial charge in [0.05, 0.1) is 5.56 Å². The molecule has 1 aromatic heterocycles. The molecule has 0 fully saturated rings. The summed E-state index contributed by atoms with van der Waals surface area (Å²) in [6.07, 6.45) is 8.77. The number of aryl methyl sites for hydroxylation is 1.